The van der Waals surface area contributed by atoms with Crippen LogP contribution in [0.4, 0.5) is 22.1 Å². The summed E-state index contributed by atoms with van der Waals surface area (Å²) >= 11 is 0. The second-order valence-electron chi connectivity index (χ2n) is 7.97. The van der Waals surface area contributed by atoms with Gasteiger partial charge in [-0.3, -0.25) is 0 Å². The van der Waals surface area contributed by atoms with Gasteiger partial charge in [-0.1, -0.05) is 0 Å². The second-order valence-corrected chi connectivity index (χ2v) is 7.97. The topological polar surface area (TPSA) is 103 Å². The van der Waals surface area contributed by atoms with Gasteiger partial charge in [-0.2, -0.15) is 0 Å². The van der Waals surface area contributed by atoms with Crippen LogP contribution in [0.3, 0.4) is 0 Å². The number of ether oxygens (including phenoxy) is 2. The van der Waals surface area contributed by atoms with Crippen molar-refractivity contribution in [2.45, 2.75) is 45.3 Å². The van der Waals surface area contributed by atoms with Crippen LogP contribution in [0.2, 0.25) is 0 Å². The fraction of sp³-hybridized carbons (Fsp3) is 0.400. The van der Waals surface area contributed by atoms with Gasteiger partial charge in [0.25, 0.3) is 0 Å². The first-order valence-corrected chi connectivity index (χ1v) is 9.46. The predicted molar refractivity (Wildman–Crippen MR) is 110 cm³/mol. The molecule has 0 aliphatic heterocycles. The maximum Gasteiger partial charge on any atom is 0.420 e. The van der Waals surface area contributed by atoms with E-state index < -0.39 is 11.7 Å². The zero-order valence-corrected chi connectivity index (χ0v) is 16.9. The molecule has 2 heterocycles. The van der Waals surface area contributed by atoms with Crippen molar-refractivity contribution in [2.75, 3.05) is 17.7 Å². The molecular weight excluding hydrogens is 372 g/mol. The lowest BCUT2D eigenvalue weighted by Crippen LogP contribution is -2.26. The quantitative estimate of drug-likeness (QED) is 0.668. The fourth-order valence-electron chi connectivity index (χ4n) is 2.84. The molecule has 0 bridgehead atoms. The molecule has 29 heavy (non-hydrogen) atoms. The van der Waals surface area contributed by atoms with Crippen LogP contribution in [0.1, 0.15) is 33.6 Å². The molecule has 3 aromatic rings. The Balaban J connectivity index is 1.63. The summed E-state index contributed by atoms with van der Waals surface area (Å²) in [5.41, 5.74) is 1.31. The first kappa shape index (κ1) is 19.0. The number of nitrogens with one attached hydrogen (secondary N) is 2. The standard InChI is InChI=1S/C20H24N6O3/c1-20(2,3)29-19(27)26-11-23-13-7-14(16(28-4)8-15(13)26)25-18-9-17(21-10-22-18)24-12-5-6-12/h7-12H,5-6H2,1-4H3,(H2,21,22,24,25). The first-order chi connectivity index (χ1) is 13.8. The summed E-state index contributed by atoms with van der Waals surface area (Å²) in [7, 11) is 1.57. The molecule has 1 aromatic carbocycles. The predicted octanol–water partition coefficient (Wildman–Crippen LogP) is 3.94. The SMILES string of the molecule is COc1cc2c(cc1Nc1cc(NC3CC3)ncn1)ncn2C(=O)OC(C)(C)C. The van der Waals surface area contributed by atoms with Crippen molar-refractivity contribution in [1.29, 1.82) is 0 Å². The minimum atomic E-state index is -0.599. The normalized spacial score (nSPS) is 13.9. The molecule has 9 nitrogen and oxygen atoms in total. The molecule has 0 spiro atoms. The van der Waals surface area contributed by atoms with Crippen molar-refractivity contribution >= 4 is 34.4 Å². The molecule has 1 fully saturated rings. The summed E-state index contributed by atoms with van der Waals surface area (Å²) < 4.78 is 12.3. The number of nitrogens with zero attached hydrogens (tertiary/aromatic N) is 4. The number of fused-ring (bicyclic) bond motifs is 1. The summed E-state index contributed by atoms with van der Waals surface area (Å²) in [6.45, 7) is 5.46. The van der Waals surface area contributed by atoms with Gasteiger partial charge in [-0.05, 0) is 39.7 Å². The Morgan fingerprint density at radius 3 is 2.59 bits per heavy atom. The molecule has 0 saturated heterocycles. The number of rotatable bonds is 5. The molecule has 1 aliphatic rings. The highest BCUT2D eigenvalue weighted by molar-refractivity contribution is 5.91. The van der Waals surface area contributed by atoms with E-state index in [1.807, 2.05) is 32.9 Å². The highest BCUT2D eigenvalue weighted by Crippen LogP contribution is 2.32. The first-order valence-electron chi connectivity index (χ1n) is 9.46. The maximum atomic E-state index is 12.5. The number of aromatic nitrogens is 4. The Labute approximate surface area is 168 Å². The average molecular weight is 396 g/mol. The molecule has 0 radical (unpaired) electrons. The number of imidazole rings is 1. The van der Waals surface area contributed by atoms with Gasteiger partial charge in [0.2, 0.25) is 0 Å². The van der Waals surface area contributed by atoms with E-state index >= 15 is 0 Å². The summed E-state index contributed by atoms with van der Waals surface area (Å²) in [5, 5.41) is 6.59. The van der Waals surface area contributed by atoms with Crippen molar-refractivity contribution in [3.05, 3.63) is 30.9 Å². The van der Waals surface area contributed by atoms with E-state index in [0.29, 0.717) is 34.3 Å². The van der Waals surface area contributed by atoms with E-state index in [1.165, 1.54) is 17.2 Å². The molecule has 0 unspecified atom stereocenters. The van der Waals surface area contributed by atoms with Crippen molar-refractivity contribution in [3.8, 4) is 5.75 Å². The van der Waals surface area contributed by atoms with Crippen LogP contribution in [-0.4, -0.2) is 44.4 Å². The summed E-state index contributed by atoms with van der Waals surface area (Å²) in [4.78, 5) is 25.3. The van der Waals surface area contributed by atoms with Crippen LogP contribution < -0.4 is 15.4 Å². The Morgan fingerprint density at radius 2 is 1.90 bits per heavy atom. The van der Waals surface area contributed by atoms with Crippen LogP contribution in [0.15, 0.2) is 30.9 Å². The highest BCUT2D eigenvalue weighted by atomic mass is 16.6. The Morgan fingerprint density at radius 1 is 1.14 bits per heavy atom. The number of anilines is 3. The van der Waals surface area contributed by atoms with Gasteiger partial charge < -0.3 is 20.1 Å². The van der Waals surface area contributed by atoms with E-state index in [2.05, 4.69) is 25.6 Å². The monoisotopic (exact) mass is 396 g/mol. The third-order valence-electron chi connectivity index (χ3n) is 4.32. The largest absolute Gasteiger partial charge is 0.494 e. The second kappa shape index (κ2) is 7.23. The molecule has 0 amide bonds. The number of carbonyl (C=O) groups is 1. The number of hydrogen-bond acceptors (Lipinski definition) is 8. The Hall–Kier alpha value is -3.36. The maximum absolute atomic E-state index is 12.5. The molecule has 4 rings (SSSR count). The Kier molecular flexibility index (Phi) is 4.73. The number of carbonyl (C=O) groups excluding carboxylic acids is 1. The van der Waals surface area contributed by atoms with E-state index in [4.69, 9.17) is 9.47 Å². The van der Waals surface area contributed by atoms with Crippen LogP contribution in [-0.2, 0) is 4.74 Å². The van der Waals surface area contributed by atoms with Gasteiger partial charge in [-0.25, -0.2) is 24.3 Å². The lowest BCUT2D eigenvalue weighted by Gasteiger charge is -2.19. The lowest BCUT2D eigenvalue weighted by molar-refractivity contribution is 0.0543. The zero-order chi connectivity index (χ0) is 20.6. The van der Waals surface area contributed by atoms with Gasteiger partial charge >= 0.3 is 6.09 Å². The molecule has 2 aromatic heterocycles. The van der Waals surface area contributed by atoms with Gasteiger partial charge in [0, 0.05) is 18.2 Å². The van der Waals surface area contributed by atoms with Crippen molar-refractivity contribution < 1.29 is 14.3 Å². The van der Waals surface area contributed by atoms with Gasteiger partial charge in [0.15, 0.2) is 0 Å². The molecule has 2 N–H and O–H groups in total. The Bertz CT molecular complexity index is 1050. The number of benzene rings is 1. The van der Waals surface area contributed by atoms with Crippen molar-refractivity contribution in [2.24, 2.45) is 0 Å². The molecular formula is C20H24N6O3. The number of methoxy groups -OCH3 is 1. The molecule has 152 valence electrons. The van der Waals surface area contributed by atoms with E-state index in [9.17, 15) is 4.79 Å². The van der Waals surface area contributed by atoms with Crippen molar-refractivity contribution in [3.63, 3.8) is 0 Å². The lowest BCUT2D eigenvalue weighted by atomic mass is 10.2. The zero-order valence-electron chi connectivity index (χ0n) is 16.9. The summed E-state index contributed by atoms with van der Waals surface area (Å²) in [6.07, 6.45) is 4.80. The third-order valence-corrected chi connectivity index (χ3v) is 4.32. The van der Waals surface area contributed by atoms with Gasteiger partial charge in [-0.15, -0.1) is 0 Å². The van der Waals surface area contributed by atoms with Crippen molar-refractivity contribution in [1.82, 2.24) is 19.5 Å². The fourth-order valence-corrected chi connectivity index (χ4v) is 2.84. The minimum absolute atomic E-state index is 0.491. The third kappa shape index (κ3) is 4.39. The van der Waals surface area contributed by atoms with Gasteiger partial charge in [0.05, 0.1) is 23.8 Å². The highest BCUT2D eigenvalue weighted by Gasteiger charge is 2.22. The van der Waals surface area contributed by atoms with Crippen LogP contribution in [0, 0.1) is 0 Å². The number of hydrogen-bond donors (Lipinski definition) is 2. The smallest absolute Gasteiger partial charge is 0.420 e. The minimum Gasteiger partial charge on any atom is -0.494 e. The van der Waals surface area contributed by atoms with Crippen LogP contribution >= 0.6 is 0 Å². The van der Waals surface area contributed by atoms with Crippen LogP contribution in [0.5, 0.6) is 5.75 Å². The van der Waals surface area contributed by atoms with Crippen LogP contribution in [0.25, 0.3) is 11.0 Å². The van der Waals surface area contributed by atoms with E-state index in [1.54, 1.807) is 13.2 Å². The molecule has 0 atom stereocenters. The molecule has 1 aliphatic carbocycles. The van der Waals surface area contributed by atoms with E-state index in [0.717, 1.165) is 18.7 Å². The van der Waals surface area contributed by atoms with E-state index in [-0.39, 0.29) is 0 Å². The van der Waals surface area contributed by atoms with Gasteiger partial charge in [0.1, 0.15) is 35.6 Å². The molecule has 9 heteroatoms. The molecule has 1 saturated carbocycles. The average Bonchev–Trinajstić information content (AvgIpc) is 3.36. The summed E-state index contributed by atoms with van der Waals surface area (Å²) in [6, 6.07) is 5.91. The summed E-state index contributed by atoms with van der Waals surface area (Å²) in [5.74, 6) is 1.96.